The van der Waals surface area contributed by atoms with E-state index in [-0.39, 0.29) is 0 Å². The first-order valence-electron chi connectivity index (χ1n) is 10.2. The smallest absolute Gasteiger partial charge is 0.0381 e. The lowest BCUT2D eigenvalue weighted by Crippen LogP contribution is -1.87. The average molecular weight is 331 g/mol. The highest BCUT2D eigenvalue weighted by molar-refractivity contribution is 7.16. The van der Waals surface area contributed by atoms with Crippen molar-refractivity contribution in [3.63, 3.8) is 0 Å². The van der Waals surface area contributed by atoms with Crippen LogP contribution in [0.4, 0.5) is 0 Å². The van der Waals surface area contributed by atoms with E-state index in [9.17, 15) is 0 Å². The molecule has 0 aromatic carbocycles. The average Bonchev–Trinajstić information content (AvgIpc) is 2.46. The first kappa shape index (κ1) is 24.7. The van der Waals surface area contributed by atoms with Crippen LogP contribution >= 0.6 is 9.24 Å². The van der Waals surface area contributed by atoms with Gasteiger partial charge in [0, 0.05) is 0 Å². The van der Waals surface area contributed by atoms with Crippen molar-refractivity contribution in [1.82, 2.24) is 0 Å². The van der Waals surface area contributed by atoms with Gasteiger partial charge < -0.3 is 0 Å². The number of hydrogen-bond donors (Lipinski definition) is 0. The van der Waals surface area contributed by atoms with Gasteiger partial charge in [0.25, 0.3) is 0 Å². The largest absolute Gasteiger partial charge is 0.138 e. The Kier molecular flexibility index (Phi) is 24.0. The molecule has 0 aliphatic carbocycles. The number of rotatable bonds is 14. The summed E-state index contributed by atoms with van der Waals surface area (Å²) in [5.74, 6) is 1.80. The van der Waals surface area contributed by atoms with Gasteiger partial charge in [-0.1, -0.05) is 112 Å². The Morgan fingerprint density at radius 3 is 1.27 bits per heavy atom. The fourth-order valence-corrected chi connectivity index (χ4v) is 2.85. The quantitative estimate of drug-likeness (QED) is 0.222. The molecule has 0 saturated carbocycles. The molecule has 1 atom stereocenters. The summed E-state index contributed by atoms with van der Waals surface area (Å²) in [4.78, 5) is 0. The lowest BCUT2D eigenvalue weighted by molar-refractivity contribution is 0.514. The van der Waals surface area contributed by atoms with Gasteiger partial charge >= 0.3 is 0 Å². The Morgan fingerprint density at radius 2 is 0.909 bits per heavy atom. The molecule has 0 rings (SSSR count). The minimum absolute atomic E-state index is 0.900. The van der Waals surface area contributed by atoms with Crippen LogP contribution in [-0.4, -0.2) is 6.16 Å². The summed E-state index contributed by atoms with van der Waals surface area (Å²) < 4.78 is 0. The summed E-state index contributed by atoms with van der Waals surface area (Å²) in [6, 6.07) is 0. The van der Waals surface area contributed by atoms with Gasteiger partial charge in [0.15, 0.2) is 0 Å². The third kappa shape index (κ3) is 28.6. The topological polar surface area (TPSA) is 0 Å². The van der Waals surface area contributed by atoms with Crippen molar-refractivity contribution in [2.45, 2.75) is 118 Å². The predicted molar refractivity (Wildman–Crippen MR) is 110 cm³/mol. The zero-order valence-electron chi connectivity index (χ0n) is 16.6. The first-order valence-corrected chi connectivity index (χ1v) is 11.1. The van der Waals surface area contributed by atoms with Crippen molar-refractivity contribution in [3.8, 4) is 0 Å². The fourth-order valence-electron chi connectivity index (χ4n) is 2.56. The van der Waals surface area contributed by atoms with E-state index in [0.29, 0.717) is 0 Å². The van der Waals surface area contributed by atoms with E-state index in [0.717, 1.165) is 11.8 Å². The van der Waals surface area contributed by atoms with Gasteiger partial charge in [-0.2, -0.15) is 0 Å². The molecule has 0 aliphatic rings. The van der Waals surface area contributed by atoms with Crippen LogP contribution in [0.1, 0.15) is 118 Å². The molecule has 0 spiro atoms. The summed E-state index contributed by atoms with van der Waals surface area (Å²) in [5.41, 5.74) is 0. The molecule has 0 radical (unpaired) electrons. The highest BCUT2D eigenvalue weighted by Crippen LogP contribution is 2.11. The highest BCUT2D eigenvalue weighted by atomic mass is 31.0. The molecule has 0 aromatic heterocycles. The fraction of sp³-hybridized carbons (Fsp3) is 1.00. The molecule has 0 saturated heterocycles. The van der Waals surface area contributed by atoms with Crippen LogP contribution in [0.5, 0.6) is 0 Å². The summed E-state index contributed by atoms with van der Waals surface area (Å²) in [7, 11) is 2.79. The Balaban J connectivity index is 0. The van der Waals surface area contributed by atoms with Crippen molar-refractivity contribution >= 4 is 9.24 Å². The lowest BCUT2D eigenvalue weighted by atomic mass is 10.0. The second kappa shape index (κ2) is 21.4. The van der Waals surface area contributed by atoms with Crippen LogP contribution in [0.25, 0.3) is 0 Å². The predicted octanol–water partition coefficient (Wildman–Crippen LogP) is 8.25. The molecule has 0 amide bonds. The molecule has 0 aliphatic heterocycles. The lowest BCUT2D eigenvalue weighted by Gasteiger charge is -2.03. The molecule has 0 heterocycles. The van der Waals surface area contributed by atoms with Crippen LogP contribution in [0.2, 0.25) is 0 Å². The van der Waals surface area contributed by atoms with Crippen molar-refractivity contribution in [1.29, 1.82) is 0 Å². The van der Waals surface area contributed by atoms with Crippen LogP contribution in [0.3, 0.4) is 0 Å². The van der Waals surface area contributed by atoms with Gasteiger partial charge in [-0.3, -0.25) is 0 Å². The van der Waals surface area contributed by atoms with E-state index in [2.05, 4.69) is 43.9 Å². The Bertz CT molecular complexity index is 155. The Hall–Kier alpha value is 0.430. The second-order valence-electron chi connectivity index (χ2n) is 7.69. The SMILES string of the molecule is CC(C)CCCCCCCP.CCCCCCCCC(C)C. The van der Waals surface area contributed by atoms with Gasteiger partial charge in [-0.05, 0) is 24.4 Å². The van der Waals surface area contributed by atoms with E-state index in [1.54, 1.807) is 0 Å². The molecule has 1 heteroatoms. The molecule has 22 heavy (non-hydrogen) atoms. The van der Waals surface area contributed by atoms with Crippen molar-refractivity contribution in [2.24, 2.45) is 11.8 Å². The molecular weight excluding hydrogens is 283 g/mol. The molecule has 0 N–H and O–H groups in total. The van der Waals surface area contributed by atoms with E-state index in [1.165, 1.54) is 89.6 Å². The summed E-state index contributed by atoms with van der Waals surface area (Å²) in [6.45, 7) is 11.5. The van der Waals surface area contributed by atoms with E-state index in [4.69, 9.17) is 0 Å². The highest BCUT2D eigenvalue weighted by Gasteiger charge is 1.94. The number of hydrogen-bond acceptors (Lipinski definition) is 0. The van der Waals surface area contributed by atoms with Crippen LogP contribution in [0.15, 0.2) is 0 Å². The van der Waals surface area contributed by atoms with Gasteiger partial charge in [0.1, 0.15) is 0 Å². The molecule has 1 unspecified atom stereocenters. The van der Waals surface area contributed by atoms with E-state index in [1.807, 2.05) is 0 Å². The normalized spacial score (nSPS) is 10.9. The minimum Gasteiger partial charge on any atom is -0.138 e. The molecule has 0 fully saturated rings. The molecular formula is C21H47P. The van der Waals surface area contributed by atoms with Gasteiger partial charge in [-0.25, -0.2) is 0 Å². The zero-order valence-corrected chi connectivity index (χ0v) is 17.8. The second-order valence-corrected chi connectivity index (χ2v) is 8.27. The summed E-state index contributed by atoms with van der Waals surface area (Å²) >= 11 is 0. The molecule has 0 aromatic rings. The first-order chi connectivity index (χ1) is 10.5. The maximum atomic E-state index is 2.79. The number of unbranched alkanes of at least 4 members (excludes halogenated alkanes) is 9. The van der Waals surface area contributed by atoms with Crippen molar-refractivity contribution in [3.05, 3.63) is 0 Å². The summed E-state index contributed by atoms with van der Waals surface area (Å²) in [5, 5.41) is 0. The maximum Gasteiger partial charge on any atom is -0.0381 e. The van der Waals surface area contributed by atoms with Gasteiger partial charge in [-0.15, -0.1) is 9.24 Å². The summed E-state index contributed by atoms with van der Waals surface area (Å²) in [6.07, 6.45) is 19.9. The van der Waals surface area contributed by atoms with Crippen LogP contribution in [-0.2, 0) is 0 Å². The maximum absolute atomic E-state index is 2.79. The van der Waals surface area contributed by atoms with Crippen molar-refractivity contribution < 1.29 is 0 Å². The monoisotopic (exact) mass is 330 g/mol. The molecule has 0 nitrogen and oxygen atoms in total. The Labute approximate surface area is 145 Å². The molecule has 0 bridgehead atoms. The standard InChI is InChI=1S/C11H24.C10H23P/c1-4-5-6-7-8-9-10-11(2)3;1-10(2)8-6-4-3-5-7-9-11/h11H,4-10H2,1-3H3;10H,3-9,11H2,1-2H3. The van der Waals surface area contributed by atoms with Crippen molar-refractivity contribution in [2.75, 3.05) is 6.16 Å². The van der Waals surface area contributed by atoms with Gasteiger partial charge in [0.05, 0.1) is 0 Å². The Morgan fingerprint density at radius 1 is 0.545 bits per heavy atom. The zero-order chi connectivity index (χ0) is 17.1. The van der Waals surface area contributed by atoms with Crippen LogP contribution < -0.4 is 0 Å². The van der Waals surface area contributed by atoms with E-state index >= 15 is 0 Å². The minimum atomic E-state index is 0.900. The third-order valence-electron chi connectivity index (χ3n) is 4.12. The van der Waals surface area contributed by atoms with Crippen LogP contribution in [0, 0.1) is 11.8 Å². The van der Waals surface area contributed by atoms with Gasteiger partial charge in [0.2, 0.25) is 0 Å². The molecule has 136 valence electrons. The third-order valence-corrected chi connectivity index (χ3v) is 4.53. The van der Waals surface area contributed by atoms with E-state index < -0.39 is 0 Å².